The zero-order valence-electron chi connectivity index (χ0n) is 18.2. The molecule has 3 aromatic carbocycles. The third kappa shape index (κ3) is 6.55. The first-order chi connectivity index (χ1) is 14.8. The molecule has 0 aliphatic rings. The van der Waals surface area contributed by atoms with E-state index in [9.17, 15) is 5.11 Å². The summed E-state index contributed by atoms with van der Waals surface area (Å²) in [6, 6.07) is 32.3. The molecular formula is C28H35NO. The molecule has 0 saturated heterocycles. The van der Waals surface area contributed by atoms with Gasteiger partial charge in [0.05, 0.1) is 0 Å². The lowest BCUT2D eigenvalue weighted by Crippen LogP contribution is -2.34. The maximum Gasteiger partial charge on any atom is 0.0477 e. The van der Waals surface area contributed by atoms with Crippen molar-refractivity contribution in [3.8, 4) is 0 Å². The SMILES string of the molecule is CCCCC[C@H](CO)[C@H](c1ccccc1)N(Cc1ccccc1)Cc1ccccc1. The average Bonchev–Trinajstić information content (AvgIpc) is 2.80. The van der Waals surface area contributed by atoms with E-state index in [4.69, 9.17) is 0 Å². The predicted octanol–water partition coefficient (Wildman–Crippen LogP) is 6.62. The highest BCUT2D eigenvalue weighted by molar-refractivity contribution is 5.23. The van der Waals surface area contributed by atoms with E-state index in [0.29, 0.717) is 0 Å². The van der Waals surface area contributed by atoms with Gasteiger partial charge >= 0.3 is 0 Å². The Bertz CT molecular complexity index is 778. The summed E-state index contributed by atoms with van der Waals surface area (Å²) in [6.07, 6.45) is 4.63. The second kappa shape index (κ2) is 12.3. The second-order valence-electron chi connectivity index (χ2n) is 8.17. The summed E-state index contributed by atoms with van der Waals surface area (Å²) in [5.74, 6) is 0.214. The van der Waals surface area contributed by atoms with Crippen LogP contribution in [0.5, 0.6) is 0 Å². The van der Waals surface area contributed by atoms with Gasteiger partial charge in [0.15, 0.2) is 0 Å². The largest absolute Gasteiger partial charge is 0.396 e. The molecule has 0 radical (unpaired) electrons. The van der Waals surface area contributed by atoms with Crippen LogP contribution < -0.4 is 0 Å². The van der Waals surface area contributed by atoms with Crippen LogP contribution >= 0.6 is 0 Å². The summed E-state index contributed by atoms with van der Waals surface area (Å²) in [4.78, 5) is 2.55. The molecule has 158 valence electrons. The van der Waals surface area contributed by atoms with Crippen molar-refractivity contribution >= 4 is 0 Å². The van der Waals surface area contributed by atoms with Crippen LogP contribution in [0, 0.1) is 5.92 Å². The first-order valence-electron chi connectivity index (χ1n) is 11.3. The molecule has 0 aliphatic heterocycles. The Hall–Kier alpha value is -2.42. The molecule has 0 unspecified atom stereocenters. The van der Waals surface area contributed by atoms with Crippen molar-refractivity contribution in [2.75, 3.05) is 6.61 Å². The minimum absolute atomic E-state index is 0.175. The van der Waals surface area contributed by atoms with Gasteiger partial charge in [-0.3, -0.25) is 4.90 Å². The molecule has 2 heteroatoms. The fourth-order valence-electron chi connectivity index (χ4n) is 4.33. The van der Waals surface area contributed by atoms with Gasteiger partial charge in [0.1, 0.15) is 0 Å². The highest BCUT2D eigenvalue weighted by Gasteiger charge is 2.28. The lowest BCUT2D eigenvalue weighted by molar-refractivity contribution is 0.0773. The van der Waals surface area contributed by atoms with E-state index >= 15 is 0 Å². The van der Waals surface area contributed by atoms with E-state index in [2.05, 4.69) is 103 Å². The summed E-state index contributed by atoms with van der Waals surface area (Å²) in [6.45, 7) is 4.17. The van der Waals surface area contributed by atoms with Gasteiger partial charge in [0, 0.05) is 31.7 Å². The molecule has 2 atom stereocenters. The van der Waals surface area contributed by atoms with Crippen molar-refractivity contribution in [2.24, 2.45) is 5.92 Å². The molecule has 0 amide bonds. The van der Waals surface area contributed by atoms with Gasteiger partial charge in [0.25, 0.3) is 0 Å². The third-order valence-corrected chi connectivity index (χ3v) is 5.85. The molecule has 0 aromatic heterocycles. The normalized spacial score (nSPS) is 13.3. The highest BCUT2D eigenvalue weighted by atomic mass is 16.3. The van der Waals surface area contributed by atoms with E-state index in [-0.39, 0.29) is 18.6 Å². The molecule has 0 aliphatic carbocycles. The molecule has 0 spiro atoms. The number of hydrogen-bond acceptors (Lipinski definition) is 2. The molecule has 0 heterocycles. The quantitative estimate of drug-likeness (QED) is 0.345. The molecule has 1 N–H and O–H groups in total. The van der Waals surface area contributed by atoms with Crippen molar-refractivity contribution in [3.05, 3.63) is 108 Å². The van der Waals surface area contributed by atoms with Crippen molar-refractivity contribution < 1.29 is 5.11 Å². The standard InChI is InChI=1S/C28H35NO/c1-2-3-7-20-27(23-30)28(26-18-12-6-13-19-26)29(21-24-14-8-4-9-15-24)22-25-16-10-5-11-17-25/h4-6,8-19,27-28,30H,2-3,7,20-23H2,1H3/t27-,28+/m1/s1. The third-order valence-electron chi connectivity index (χ3n) is 5.85. The molecule has 2 nitrogen and oxygen atoms in total. The molecule has 30 heavy (non-hydrogen) atoms. The number of benzene rings is 3. The number of aliphatic hydroxyl groups excluding tert-OH is 1. The van der Waals surface area contributed by atoms with Gasteiger partial charge in [0.2, 0.25) is 0 Å². The van der Waals surface area contributed by atoms with Crippen molar-refractivity contribution in [2.45, 2.75) is 51.7 Å². The number of rotatable bonds is 12. The fourth-order valence-corrected chi connectivity index (χ4v) is 4.33. The van der Waals surface area contributed by atoms with Crippen LogP contribution in [-0.2, 0) is 13.1 Å². The van der Waals surface area contributed by atoms with Gasteiger partial charge in [-0.1, -0.05) is 117 Å². The van der Waals surface area contributed by atoms with E-state index < -0.39 is 0 Å². The number of aliphatic hydroxyl groups is 1. The van der Waals surface area contributed by atoms with Crippen LogP contribution in [0.3, 0.4) is 0 Å². The van der Waals surface area contributed by atoms with Crippen molar-refractivity contribution in [3.63, 3.8) is 0 Å². The zero-order valence-corrected chi connectivity index (χ0v) is 18.2. The minimum Gasteiger partial charge on any atom is -0.396 e. The maximum atomic E-state index is 10.4. The monoisotopic (exact) mass is 401 g/mol. The number of nitrogens with zero attached hydrogens (tertiary/aromatic N) is 1. The topological polar surface area (TPSA) is 23.5 Å². The lowest BCUT2D eigenvalue weighted by atomic mass is 9.87. The Balaban J connectivity index is 1.95. The average molecular weight is 402 g/mol. The second-order valence-corrected chi connectivity index (χ2v) is 8.17. The van der Waals surface area contributed by atoms with Crippen LogP contribution in [0.1, 0.15) is 55.3 Å². The van der Waals surface area contributed by atoms with Crippen LogP contribution in [0.4, 0.5) is 0 Å². The van der Waals surface area contributed by atoms with E-state index in [1.807, 2.05) is 0 Å². The molecular weight excluding hydrogens is 366 g/mol. The molecule has 0 bridgehead atoms. The summed E-state index contributed by atoms with van der Waals surface area (Å²) in [5.41, 5.74) is 3.90. The predicted molar refractivity (Wildman–Crippen MR) is 126 cm³/mol. The smallest absolute Gasteiger partial charge is 0.0477 e. The van der Waals surface area contributed by atoms with E-state index in [1.165, 1.54) is 29.5 Å². The minimum atomic E-state index is 0.175. The van der Waals surface area contributed by atoms with Crippen LogP contribution in [0.15, 0.2) is 91.0 Å². The van der Waals surface area contributed by atoms with Gasteiger partial charge < -0.3 is 5.11 Å². The summed E-state index contributed by atoms with van der Waals surface area (Å²) in [7, 11) is 0. The van der Waals surface area contributed by atoms with Gasteiger partial charge in [-0.2, -0.15) is 0 Å². The van der Waals surface area contributed by atoms with E-state index in [0.717, 1.165) is 25.9 Å². The highest BCUT2D eigenvalue weighted by Crippen LogP contribution is 2.34. The van der Waals surface area contributed by atoms with Gasteiger partial charge in [-0.05, 0) is 23.1 Å². The van der Waals surface area contributed by atoms with Gasteiger partial charge in [-0.25, -0.2) is 0 Å². The lowest BCUT2D eigenvalue weighted by Gasteiger charge is -2.37. The molecule has 3 rings (SSSR count). The first-order valence-corrected chi connectivity index (χ1v) is 11.3. The summed E-state index contributed by atoms with van der Waals surface area (Å²) < 4.78 is 0. The van der Waals surface area contributed by atoms with Crippen LogP contribution in [-0.4, -0.2) is 16.6 Å². The van der Waals surface area contributed by atoms with Crippen LogP contribution in [0.2, 0.25) is 0 Å². The van der Waals surface area contributed by atoms with Gasteiger partial charge in [-0.15, -0.1) is 0 Å². The van der Waals surface area contributed by atoms with Crippen molar-refractivity contribution in [1.29, 1.82) is 0 Å². The Kier molecular flexibility index (Phi) is 9.14. The maximum absolute atomic E-state index is 10.4. The zero-order chi connectivity index (χ0) is 21.0. The first kappa shape index (κ1) is 22.3. The summed E-state index contributed by atoms with van der Waals surface area (Å²) >= 11 is 0. The Morgan fingerprint density at radius 2 is 1.20 bits per heavy atom. The Morgan fingerprint density at radius 3 is 1.67 bits per heavy atom. The molecule has 0 fully saturated rings. The van der Waals surface area contributed by atoms with E-state index in [1.54, 1.807) is 0 Å². The number of unbranched alkanes of at least 4 members (excludes halogenated alkanes) is 2. The molecule has 3 aromatic rings. The molecule has 0 saturated carbocycles. The fraction of sp³-hybridized carbons (Fsp3) is 0.357. The van der Waals surface area contributed by atoms with Crippen molar-refractivity contribution in [1.82, 2.24) is 4.90 Å². The Morgan fingerprint density at radius 1 is 0.700 bits per heavy atom. The summed E-state index contributed by atoms with van der Waals surface area (Å²) in [5, 5.41) is 10.4. The Labute approximate surface area is 182 Å². The van der Waals surface area contributed by atoms with Crippen LogP contribution in [0.25, 0.3) is 0 Å². The number of hydrogen-bond donors (Lipinski definition) is 1.